The summed E-state index contributed by atoms with van der Waals surface area (Å²) in [5, 5.41) is 11.3. The molecule has 3 aromatic rings. The number of hydrogen-bond donors (Lipinski definition) is 1. The van der Waals surface area contributed by atoms with E-state index in [0.717, 1.165) is 11.1 Å². The minimum atomic E-state index is -0.480. The van der Waals surface area contributed by atoms with Crippen LogP contribution in [-0.4, -0.2) is 27.6 Å². The molecule has 3 rings (SSSR count). The first-order valence-electron chi connectivity index (χ1n) is 9.21. The standard InChI is InChI=1S/C22H23N3O3S/c1-14-7-5-6-8-17(14)19-24-25-21(28-19)29-13-18(26)15-9-11-16(12-10-15)23-20(27)22(2,3)4/h5-12H,13H2,1-4H3,(H,23,27). The summed E-state index contributed by atoms with van der Waals surface area (Å²) in [6.07, 6.45) is 0. The topological polar surface area (TPSA) is 85.1 Å². The number of carbonyl (C=O) groups is 2. The third-order valence-corrected chi connectivity index (χ3v) is 5.07. The Morgan fingerprint density at radius 2 is 1.72 bits per heavy atom. The quantitative estimate of drug-likeness (QED) is 0.455. The summed E-state index contributed by atoms with van der Waals surface area (Å²) in [5.74, 6) is 0.493. The number of nitrogens with one attached hydrogen (secondary N) is 1. The molecule has 29 heavy (non-hydrogen) atoms. The predicted octanol–water partition coefficient (Wildman–Crippen LogP) is 5.00. The Kier molecular flexibility index (Phi) is 6.17. The molecule has 150 valence electrons. The zero-order valence-corrected chi connectivity index (χ0v) is 17.7. The fraction of sp³-hybridized carbons (Fsp3) is 0.273. The Morgan fingerprint density at radius 3 is 2.38 bits per heavy atom. The second-order valence-electron chi connectivity index (χ2n) is 7.68. The molecular formula is C22H23N3O3S. The second-order valence-corrected chi connectivity index (χ2v) is 8.61. The predicted molar refractivity (Wildman–Crippen MR) is 114 cm³/mol. The van der Waals surface area contributed by atoms with Crippen LogP contribution in [0.25, 0.3) is 11.5 Å². The summed E-state index contributed by atoms with van der Waals surface area (Å²) in [7, 11) is 0. The fourth-order valence-corrected chi connectivity index (χ4v) is 3.12. The van der Waals surface area contributed by atoms with E-state index in [-0.39, 0.29) is 17.4 Å². The summed E-state index contributed by atoms with van der Waals surface area (Å²) < 4.78 is 5.67. The van der Waals surface area contributed by atoms with E-state index in [1.54, 1.807) is 24.3 Å². The number of Topliss-reactive ketones (excluding diaryl/α,β-unsaturated/α-hetero) is 1. The average Bonchev–Trinajstić information content (AvgIpc) is 3.15. The van der Waals surface area contributed by atoms with E-state index >= 15 is 0 Å². The summed E-state index contributed by atoms with van der Waals surface area (Å²) in [5.41, 5.74) is 2.67. The number of nitrogens with zero attached hydrogens (tertiary/aromatic N) is 2. The van der Waals surface area contributed by atoms with Crippen molar-refractivity contribution in [3.8, 4) is 11.5 Å². The van der Waals surface area contributed by atoms with Gasteiger partial charge in [-0.3, -0.25) is 9.59 Å². The average molecular weight is 410 g/mol. The van der Waals surface area contributed by atoms with Crippen molar-refractivity contribution in [1.29, 1.82) is 0 Å². The molecule has 2 aromatic carbocycles. The van der Waals surface area contributed by atoms with Gasteiger partial charge >= 0.3 is 0 Å². The molecule has 7 heteroatoms. The highest BCUT2D eigenvalue weighted by molar-refractivity contribution is 7.99. The Balaban J connectivity index is 1.59. The van der Waals surface area contributed by atoms with Crippen molar-refractivity contribution in [3.63, 3.8) is 0 Å². The van der Waals surface area contributed by atoms with Gasteiger partial charge in [0.2, 0.25) is 11.8 Å². The zero-order chi connectivity index (χ0) is 21.0. The second kappa shape index (κ2) is 8.61. The van der Waals surface area contributed by atoms with Crippen molar-refractivity contribution in [2.75, 3.05) is 11.1 Å². The SMILES string of the molecule is Cc1ccccc1-c1nnc(SCC(=O)c2ccc(NC(=O)C(C)(C)C)cc2)o1. The third-order valence-electron chi connectivity index (χ3n) is 4.25. The molecule has 0 aliphatic carbocycles. The number of amides is 1. The minimum Gasteiger partial charge on any atom is -0.411 e. The molecule has 0 radical (unpaired) electrons. The molecule has 1 heterocycles. The van der Waals surface area contributed by atoms with Crippen LogP contribution in [0.3, 0.4) is 0 Å². The molecule has 0 aliphatic rings. The van der Waals surface area contributed by atoms with E-state index < -0.39 is 5.41 Å². The van der Waals surface area contributed by atoms with Gasteiger partial charge in [0.15, 0.2) is 5.78 Å². The van der Waals surface area contributed by atoms with Gasteiger partial charge in [0.25, 0.3) is 5.22 Å². The maximum absolute atomic E-state index is 12.4. The van der Waals surface area contributed by atoms with E-state index in [1.807, 2.05) is 52.0 Å². The number of aryl methyl sites for hydroxylation is 1. The number of carbonyl (C=O) groups excluding carboxylic acids is 2. The number of ketones is 1. The third kappa shape index (κ3) is 5.32. The Labute approximate surface area is 174 Å². The lowest BCUT2D eigenvalue weighted by Crippen LogP contribution is -2.27. The van der Waals surface area contributed by atoms with Crippen molar-refractivity contribution >= 4 is 29.1 Å². The largest absolute Gasteiger partial charge is 0.411 e. The number of thioether (sulfide) groups is 1. The van der Waals surface area contributed by atoms with Crippen LogP contribution in [0.1, 0.15) is 36.7 Å². The molecule has 1 aromatic heterocycles. The molecule has 0 saturated heterocycles. The van der Waals surface area contributed by atoms with E-state index in [1.165, 1.54) is 11.8 Å². The summed E-state index contributed by atoms with van der Waals surface area (Å²) in [6, 6.07) is 14.6. The number of anilines is 1. The molecular weight excluding hydrogens is 386 g/mol. The summed E-state index contributed by atoms with van der Waals surface area (Å²) in [6.45, 7) is 7.52. The highest BCUT2D eigenvalue weighted by atomic mass is 32.2. The van der Waals surface area contributed by atoms with Crippen LogP contribution < -0.4 is 5.32 Å². The van der Waals surface area contributed by atoms with E-state index in [2.05, 4.69) is 15.5 Å². The van der Waals surface area contributed by atoms with Gasteiger partial charge in [-0.1, -0.05) is 50.7 Å². The van der Waals surface area contributed by atoms with Crippen LogP contribution in [-0.2, 0) is 4.79 Å². The first-order valence-corrected chi connectivity index (χ1v) is 10.2. The van der Waals surface area contributed by atoms with Gasteiger partial charge in [-0.05, 0) is 42.8 Å². The van der Waals surface area contributed by atoms with Crippen molar-refractivity contribution in [3.05, 3.63) is 59.7 Å². The van der Waals surface area contributed by atoms with Crippen molar-refractivity contribution in [2.24, 2.45) is 5.41 Å². The highest BCUT2D eigenvalue weighted by Crippen LogP contribution is 2.26. The van der Waals surface area contributed by atoms with Crippen LogP contribution in [0.2, 0.25) is 0 Å². The van der Waals surface area contributed by atoms with Gasteiger partial charge < -0.3 is 9.73 Å². The maximum Gasteiger partial charge on any atom is 0.277 e. The molecule has 0 unspecified atom stereocenters. The normalized spacial score (nSPS) is 11.3. The Bertz CT molecular complexity index is 1020. The lowest BCUT2D eigenvalue weighted by molar-refractivity contribution is -0.123. The summed E-state index contributed by atoms with van der Waals surface area (Å²) >= 11 is 1.20. The zero-order valence-electron chi connectivity index (χ0n) is 16.9. The van der Waals surface area contributed by atoms with Crippen LogP contribution in [0.15, 0.2) is 58.2 Å². The van der Waals surface area contributed by atoms with Crippen LogP contribution >= 0.6 is 11.8 Å². The number of benzene rings is 2. The summed E-state index contributed by atoms with van der Waals surface area (Å²) in [4.78, 5) is 24.5. The molecule has 0 atom stereocenters. The lowest BCUT2D eigenvalue weighted by Gasteiger charge is -2.17. The van der Waals surface area contributed by atoms with Gasteiger partial charge in [0.05, 0.1) is 5.75 Å². The van der Waals surface area contributed by atoms with Crippen molar-refractivity contribution in [2.45, 2.75) is 32.9 Å². The van der Waals surface area contributed by atoms with Crippen LogP contribution in [0, 0.1) is 12.3 Å². The number of hydrogen-bond acceptors (Lipinski definition) is 6. The first-order chi connectivity index (χ1) is 13.7. The molecule has 0 spiro atoms. The molecule has 0 fully saturated rings. The van der Waals surface area contributed by atoms with E-state index in [0.29, 0.717) is 22.4 Å². The van der Waals surface area contributed by atoms with Gasteiger partial charge in [-0.15, -0.1) is 10.2 Å². The fourth-order valence-electron chi connectivity index (χ4n) is 2.46. The van der Waals surface area contributed by atoms with E-state index in [9.17, 15) is 9.59 Å². The molecule has 0 bridgehead atoms. The lowest BCUT2D eigenvalue weighted by atomic mass is 9.95. The van der Waals surface area contributed by atoms with Gasteiger partial charge in [0, 0.05) is 22.2 Å². The van der Waals surface area contributed by atoms with Crippen LogP contribution in [0.5, 0.6) is 0 Å². The first kappa shape index (κ1) is 20.8. The van der Waals surface area contributed by atoms with E-state index in [4.69, 9.17) is 4.42 Å². The molecule has 0 saturated carbocycles. The number of aromatic nitrogens is 2. The molecule has 1 N–H and O–H groups in total. The smallest absolute Gasteiger partial charge is 0.277 e. The van der Waals surface area contributed by atoms with Gasteiger partial charge in [-0.25, -0.2) is 0 Å². The van der Waals surface area contributed by atoms with Crippen LogP contribution in [0.4, 0.5) is 5.69 Å². The number of rotatable bonds is 6. The molecule has 1 amide bonds. The van der Waals surface area contributed by atoms with Crippen molar-refractivity contribution < 1.29 is 14.0 Å². The molecule has 6 nitrogen and oxygen atoms in total. The minimum absolute atomic E-state index is 0.0562. The maximum atomic E-state index is 12.4. The molecule has 0 aliphatic heterocycles. The Morgan fingerprint density at radius 1 is 1.03 bits per heavy atom. The Hall–Kier alpha value is -2.93. The van der Waals surface area contributed by atoms with Crippen molar-refractivity contribution in [1.82, 2.24) is 10.2 Å². The highest BCUT2D eigenvalue weighted by Gasteiger charge is 2.21. The monoisotopic (exact) mass is 409 g/mol. The van der Waals surface area contributed by atoms with Gasteiger partial charge in [0.1, 0.15) is 0 Å². The van der Waals surface area contributed by atoms with Gasteiger partial charge in [-0.2, -0.15) is 0 Å².